The fourth-order valence-electron chi connectivity index (χ4n) is 1.28. The quantitative estimate of drug-likeness (QED) is 0.699. The van der Waals surface area contributed by atoms with Crippen LogP contribution in [0.3, 0.4) is 0 Å². The molecule has 72 valence electrons. The van der Waals surface area contributed by atoms with E-state index >= 15 is 0 Å². The smallest absolute Gasteiger partial charge is 0.340 e. The van der Waals surface area contributed by atoms with Gasteiger partial charge in [-0.1, -0.05) is 6.07 Å². The van der Waals surface area contributed by atoms with Crippen LogP contribution in [-0.4, -0.2) is 23.3 Å². The van der Waals surface area contributed by atoms with Gasteiger partial charge in [0.05, 0.1) is 18.1 Å². The lowest BCUT2D eigenvalue weighted by Gasteiger charge is -1.98. The second-order valence-electron chi connectivity index (χ2n) is 2.73. The standard InChI is InChI=1S/C9H7FN2O2/c1-14-9(13)6-4-2-3-5-7(6)11-12-8(5)10/h2-4H,1H3,(H,11,12). The van der Waals surface area contributed by atoms with Crippen LogP contribution in [0.4, 0.5) is 4.39 Å². The van der Waals surface area contributed by atoms with Gasteiger partial charge in [-0.2, -0.15) is 9.49 Å². The summed E-state index contributed by atoms with van der Waals surface area (Å²) in [4.78, 5) is 11.2. The van der Waals surface area contributed by atoms with Crippen molar-refractivity contribution in [1.29, 1.82) is 0 Å². The summed E-state index contributed by atoms with van der Waals surface area (Å²) >= 11 is 0. The number of nitrogens with zero attached hydrogens (tertiary/aromatic N) is 1. The minimum atomic E-state index is -0.550. The Morgan fingerprint density at radius 3 is 3.07 bits per heavy atom. The zero-order valence-corrected chi connectivity index (χ0v) is 7.37. The van der Waals surface area contributed by atoms with E-state index in [1.165, 1.54) is 13.2 Å². The maximum Gasteiger partial charge on any atom is 0.340 e. The van der Waals surface area contributed by atoms with Crippen molar-refractivity contribution in [1.82, 2.24) is 10.2 Å². The third kappa shape index (κ3) is 1.14. The zero-order valence-electron chi connectivity index (χ0n) is 7.37. The highest BCUT2D eigenvalue weighted by Crippen LogP contribution is 2.18. The lowest BCUT2D eigenvalue weighted by atomic mass is 10.1. The van der Waals surface area contributed by atoms with Gasteiger partial charge in [-0.25, -0.2) is 4.79 Å². The van der Waals surface area contributed by atoms with E-state index in [1.54, 1.807) is 12.1 Å². The molecule has 4 nitrogen and oxygen atoms in total. The number of hydrogen-bond donors (Lipinski definition) is 1. The Kier molecular flexibility index (Phi) is 1.92. The van der Waals surface area contributed by atoms with Crippen LogP contribution < -0.4 is 0 Å². The van der Waals surface area contributed by atoms with Gasteiger partial charge in [-0.3, -0.25) is 5.10 Å². The fourth-order valence-corrected chi connectivity index (χ4v) is 1.28. The molecule has 0 atom stereocenters. The Labute approximate surface area is 78.7 Å². The molecule has 5 heteroatoms. The highest BCUT2D eigenvalue weighted by Gasteiger charge is 2.14. The molecule has 1 heterocycles. The Balaban J connectivity index is 2.71. The number of hydrogen-bond acceptors (Lipinski definition) is 3. The van der Waals surface area contributed by atoms with Crippen LogP contribution in [0.1, 0.15) is 10.4 Å². The Hall–Kier alpha value is -1.91. The molecular formula is C9H7FN2O2. The number of ether oxygens (including phenoxy) is 1. The van der Waals surface area contributed by atoms with Crippen molar-refractivity contribution in [2.24, 2.45) is 0 Å². The molecule has 2 rings (SSSR count). The van der Waals surface area contributed by atoms with Crippen molar-refractivity contribution in [2.45, 2.75) is 0 Å². The average molecular weight is 194 g/mol. The summed E-state index contributed by atoms with van der Waals surface area (Å²) < 4.78 is 17.6. The SMILES string of the molecule is COC(=O)c1cccc2c(F)[nH]nc12. The van der Waals surface area contributed by atoms with Crippen molar-refractivity contribution in [3.05, 3.63) is 29.7 Å². The summed E-state index contributed by atoms with van der Waals surface area (Å²) in [6, 6.07) is 4.66. The number of nitrogens with one attached hydrogen (secondary N) is 1. The third-order valence-corrected chi connectivity index (χ3v) is 1.94. The fraction of sp³-hybridized carbons (Fsp3) is 0.111. The number of para-hydroxylation sites is 1. The summed E-state index contributed by atoms with van der Waals surface area (Å²) in [5.74, 6) is -1.08. The van der Waals surface area contributed by atoms with Gasteiger partial charge in [0.1, 0.15) is 5.52 Å². The molecule has 1 aromatic heterocycles. The molecule has 0 radical (unpaired) electrons. The van der Waals surface area contributed by atoms with Crippen LogP contribution in [0.5, 0.6) is 0 Å². The van der Waals surface area contributed by atoms with E-state index in [-0.39, 0.29) is 16.5 Å². The number of benzene rings is 1. The summed E-state index contributed by atoms with van der Waals surface area (Å²) in [5, 5.41) is 6.14. The van der Waals surface area contributed by atoms with Crippen molar-refractivity contribution in [3.8, 4) is 0 Å². The molecule has 1 N–H and O–H groups in total. The summed E-state index contributed by atoms with van der Waals surface area (Å²) in [6.45, 7) is 0. The zero-order chi connectivity index (χ0) is 10.1. The number of halogens is 1. The molecule has 1 aromatic carbocycles. The van der Waals surface area contributed by atoms with Gasteiger partial charge in [-0.05, 0) is 12.1 Å². The van der Waals surface area contributed by atoms with E-state index in [0.717, 1.165) is 0 Å². The monoisotopic (exact) mass is 194 g/mol. The number of H-pyrrole nitrogens is 1. The molecule has 0 spiro atoms. The van der Waals surface area contributed by atoms with E-state index < -0.39 is 11.9 Å². The molecule has 0 fully saturated rings. The molecule has 0 aliphatic rings. The number of aromatic amines is 1. The lowest BCUT2D eigenvalue weighted by molar-refractivity contribution is 0.0603. The number of carbonyl (C=O) groups is 1. The van der Waals surface area contributed by atoms with Gasteiger partial charge in [-0.15, -0.1) is 0 Å². The molecule has 0 unspecified atom stereocenters. The van der Waals surface area contributed by atoms with Gasteiger partial charge >= 0.3 is 5.97 Å². The van der Waals surface area contributed by atoms with Crippen molar-refractivity contribution in [3.63, 3.8) is 0 Å². The third-order valence-electron chi connectivity index (χ3n) is 1.94. The van der Waals surface area contributed by atoms with Crippen molar-refractivity contribution >= 4 is 16.9 Å². The van der Waals surface area contributed by atoms with Crippen LogP contribution in [0, 0.1) is 5.95 Å². The Bertz CT molecular complexity index is 493. The maximum atomic E-state index is 13.0. The molecule has 0 aliphatic heterocycles. The van der Waals surface area contributed by atoms with Crippen LogP contribution in [0.15, 0.2) is 18.2 Å². The first kappa shape index (κ1) is 8.68. The van der Waals surface area contributed by atoms with Crippen molar-refractivity contribution in [2.75, 3.05) is 7.11 Å². The lowest BCUT2D eigenvalue weighted by Crippen LogP contribution is -2.01. The normalized spacial score (nSPS) is 10.4. The predicted molar refractivity (Wildman–Crippen MR) is 47.4 cm³/mol. The highest BCUT2D eigenvalue weighted by molar-refractivity contribution is 6.02. The number of esters is 1. The minimum absolute atomic E-state index is 0.255. The largest absolute Gasteiger partial charge is 0.465 e. The number of fused-ring (bicyclic) bond motifs is 1. The second kappa shape index (κ2) is 3.10. The van der Waals surface area contributed by atoms with Gasteiger partial charge < -0.3 is 4.74 Å². The van der Waals surface area contributed by atoms with Gasteiger partial charge in [0.2, 0.25) is 5.95 Å². The topological polar surface area (TPSA) is 55.0 Å². The van der Waals surface area contributed by atoms with Gasteiger partial charge in [0.15, 0.2) is 0 Å². The first-order chi connectivity index (χ1) is 6.74. The first-order valence-corrected chi connectivity index (χ1v) is 3.95. The molecule has 0 amide bonds. The number of rotatable bonds is 1. The Morgan fingerprint density at radius 2 is 2.36 bits per heavy atom. The van der Waals surface area contributed by atoms with E-state index in [1.807, 2.05) is 0 Å². The summed E-state index contributed by atoms with van der Waals surface area (Å²) in [5.41, 5.74) is 0.544. The number of aromatic nitrogens is 2. The predicted octanol–water partition coefficient (Wildman–Crippen LogP) is 1.49. The van der Waals surface area contributed by atoms with Gasteiger partial charge in [0.25, 0.3) is 0 Å². The van der Waals surface area contributed by atoms with Crippen LogP contribution in [-0.2, 0) is 4.74 Å². The average Bonchev–Trinajstić information content (AvgIpc) is 2.59. The second-order valence-corrected chi connectivity index (χ2v) is 2.73. The van der Waals surface area contributed by atoms with E-state index in [0.29, 0.717) is 0 Å². The molecule has 2 aromatic rings. The Morgan fingerprint density at radius 1 is 1.57 bits per heavy atom. The molecule has 0 aliphatic carbocycles. The van der Waals surface area contributed by atoms with Crippen LogP contribution in [0.2, 0.25) is 0 Å². The van der Waals surface area contributed by atoms with Crippen LogP contribution >= 0.6 is 0 Å². The summed E-state index contributed by atoms with van der Waals surface area (Å²) in [6.07, 6.45) is 0. The molecular weight excluding hydrogens is 187 g/mol. The van der Waals surface area contributed by atoms with E-state index in [9.17, 15) is 9.18 Å². The molecule has 0 bridgehead atoms. The maximum absolute atomic E-state index is 13.0. The number of carbonyl (C=O) groups excluding carboxylic acids is 1. The van der Waals surface area contributed by atoms with Crippen LogP contribution in [0.25, 0.3) is 10.9 Å². The summed E-state index contributed by atoms with van der Waals surface area (Å²) in [7, 11) is 1.27. The first-order valence-electron chi connectivity index (χ1n) is 3.95. The van der Waals surface area contributed by atoms with E-state index in [2.05, 4.69) is 14.9 Å². The molecule has 14 heavy (non-hydrogen) atoms. The van der Waals surface area contributed by atoms with Crippen molar-refractivity contribution < 1.29 is 13.9 Å². The van der Waals surface area contributed by atoms with E-state index in [4.69, 9.17) is 0 Å². The highest BCUT2D eigenvalue weighted by atomic mass is 19.1. The molecule has 0 saturated heterocycles. The molecule has 0 saturated carbocycles. The minimum Gasteiger partial charge on any atom is -0.465 e. The van der Waals surface area contributed by atoms with Gasteiger partial charge in [0, 0.05) is 0 Å². The number of methoxy groups -OCH3 is 1.